The van der Waals surface area contributed by atoms with Crippen LogP contribution in [0.25, 0.3) is 0 Å². The molecule has 1 fully saturated rings. The molecule has 0 bridgehead atoms. The van der Waals surface area contributed by atoms with E-state index in [0.717, 1.165) is 31.1 Å². The van der Waals surface area contributed by atoms with Gasteiger partial charge >= 0.3 is 0 Å². The molecule has 0 atom stereocenters. The lowest BCUT2D eigenvalue weighted by Gasteiger charge is -2.38. The molecule has 0 spiro atoms. The highest BCUT2D eigenvalue weighted by molar-refractivity contribution is 14.0. The molecule has 152 valence electrons. The molecule has 2 aromatic carbocycles. The van der Waals surface area contributed by atoms with Crippen LogP contribution in [0.2, 0.25) is 5.02 Å². The Morgan fingerprint density at radius 2 is 1.89 bits per heavy atom. The summed E-state index contributed by atoms with van der Waals surface area (Å²) in [5.74, 6) is 0.423. The van der Waals surface area contributed by atoms with E-state index in [0.29, 0.717) is 24.6 Å². The Morgan fingerprint density at radius 1 is 1.14 bits per heavy atom. The molecule has 0 saturated carbocycles. The molecule has 1 aliphatic rings. The zero-order valence-corrected chi connectivity index (χ0v) is 19.0. The molecule has 2 aromatic rings. The lowest BCUT2D eigenvalue weighted by Crippen LogP contribution is -2.48. The predicted octanol–water partition coefficient (Wildman–Crippen LogP) is 4.51. The monoisotopic (exact) mass is 517 g/mol. The van der Waals surface area contributed by atoms with Gasteiger partial charge in [0.15, 0.2) is 5.96 Å². The molecule has 0 amide bonds. The van der Waals surface area contributed by atoms with Crippen molar-refractivity contribution in [3.8, 4) is 0 Å². The van der Waals surface area contributed by atoms with Gasteiger partial charge < -0.3 is 15.4 Å². The molecule has 28 heavy (non-hydrogen) atoms. The fourth-order valence-electron chi connectivity index (χ4n) is 3.44. The van der Waals surface area contributed by atoms with Gasteiger partial charge in [-0.1, -0.05) is 41.9 Å². The van der Waals surface area contributed by atoms with E-state index in [9.17, 15) is 4.39 Å². The van der Waals surface area contributed by atoms with Gasteiger partial charge in [0.25, 0.3) is 0 Å². The molecule has 0 aromatic heterocycles. The fraction of sp³-hybridized carbons (Fsp3) is 0.381. The zero-order chi connectivity index (χ0) is 19.1. The van der Waals surface area contributed by atoms with Crippen molar-refractivity contribution in [1.82, 2.24) is 10.6 Å². The van der Waals surface area contributed by atoms with Crippen molar-refractivity contribution in [3.63, 3.8) is 0 Å². The van der Waals surface area contributed by atoms with Gasteiger partial charge in [0.05, 0.1) is 0 Å². The number of halogens is 3. The fourth-order valence-corrected chi connectivity index (χ4v) is 3.63. The van der Waals surface area contributed by atoms with E-state index in [-0.39, 0.29) is 35.2 Å². The largest absolute Gasteiger partial charge is 0.381 e. The Bertz CT molecular complexity index is 797. The van der Waals surface area contributed by atoms with Gasteiger partial charge in [-0.05, 0) is 36.6 Å². The van der Waals surface area contributed by atoms with Crippen molar-refractivity contribution in [2.75, 3.05) is 26.8 Å². The summed E-state index contributed by atoms with van der Waals surface area (Å²) < 4.78 is 19.4. The Morgan fingerprint density at radius 3 is 2.57 bits per heavy atom. The number of aliphatic imine (C=N–C) groups is 1. The summed E-state index contributed by atoms with van der Waals surface area (Å²) >= 11 is 6.23. The summed E-state index contributed by atoms with van der Waals surface area (Å²) in [4.78, 5) is 4.27. The highest BCUT2D eigenvalue weighted by atomic mass is 127. The van der Waals surface area contributed by atoms with Crippen molar-refractivity contribution in [2.24, 2.45) is 4.99 Å². The SMILES string of the molecule is CN=C(NCc1ccccc1F)NCC1(c2cccc(Cl)c2)CCOCC1.I. The summed E-state index contributed by atoms with van der Waals surface area (Å²) in [5, 5.41) is 7.33. The average molecular weight is 518 g/mol. The van der Waals surface area contributed by atoms with Gasteiger partial charge in [-0.25, -0.2) is 4.39 Å². The van der Waals surface area contributed by atoms with E-state index in [1.807, 2.05) is 24.3 Å². The first-order valence-corrected chi connectivity index (χ1v) is 9.52. The van der Waals surface area contributed by atoms with Crippen molar-refractivity contribution in [1.29, 1.82) is 0 Å². The van der Waals surface area contributed by atoms with Gasteiger partial charge in [-0.15, -0.1) is 24.0 Å². The van der Waals surface area contributed by atoms with Crippen LogP contribution in [0.3, 0.4) is 0 Å². The third-order valence-corrected chi connectivity index (χ3v) is 5.34. The van der Waals surface area contributed by atoms with Gasteiger partial charge in [0.2, 0.25) is 0 Å². The second-order valence-corrected chi connectivity index (χ2v) is 7.21. The first kappa shape index (κ1) is 22.9. The van der Waals surface area contributed by atoms with E-state index in [1.54, 1.807) is 19.2 Å². The summed E-state index contributed by atoms with van der Waals surface area (Å²) in [6.07, 6.45) is 1.81. The number of nitrogens with one attached hydrogen (secondary N) is 2. The molecule has 4 nitrogen and oxygen atoms in total. The Hall–Kier alpha value is -1.38. The topological polar surface area (TPSA) is 45.7 Å². The van der Waals surface area contributed by atoms with Crippen LogP contribution >= 0.6 is 35.6 Å². The Labute approximate surface area is 187 Å². The van der Waals surface area contributed by atoms with Crippen LogP contribution in [0.1, 0.15) is 24.0 Å². The molecule has 0 unspecified atom stereocenters. The van der Waals surface area contributed by atoms with E-state index >= 15 is 0 Å². The maximum absolute atomic E-state index is 13.8. The molecule has 3 rings (SSSR count). The highest BCUT2D eigenvalue weighted by Gasteiger charge is 2.34. The van der Waals surface area contributed by atoms with Crippen LogP contribution in [-0.4, -0.2) is 32.8 Å². The van der Waals surface area contributed by atoms with Crippen LogP contribution in [0, 0.1) is 5.82 Å². The van der Waals surface area contributed by atoms with Gasteiger partial charge in [0, 0.05) is 49.4 Å². The maximum atomic E-state index is 13.8. The third-order valence-electron chi connectivity index (χ3n) is 5.11. The molecule has 0 aliphatic carbocycles. The highest BCUT2D eigenvalue weighted by Crippen LogP contribution is 2.35. The maximum Gasteiger partial charge on any atom is 0.191 e. The van der Waals surface area contributed by atoms with E-state index in [2.05, 4.69) is 21.7 Å². The standard InChI is InChI=1S/C21H25ClFN3O.HI/c1-24-20(25-14-16-5-2-3-8-19(16)23)26-15-21(9-11-27-12-10-21)17-6-4-7-18(22)13-17;/h2-8,13H,9-12,14-15H2,1H3,(H2,24,25,26);1H. The second kappa shape index (κ2) is 11.0. The number of hydrogen-bond acceptors (Lipinski definition) is 2. The third kappa shape index (κ3) is 5.81. The smallest absolute Gasteiger partial charge is 0.191 e. The summed E-state index contributed by atoms with van der Waals surface area (Å²) in [7, 11) is 1.72. The summed E-state index contributed by atoms with van der Waals surface area (Å²) in [6, 6.07) is 14.8. The summed E-state index contributed by atoms with van der Waals surface area (Å²) in [6.45, 7) is 2.51. The number of guanidine groups is 1. The zero-order valence-electron chi connectivity index (χ0n) is 15.9. The number of nitrogens with zero attached hydrogens (tertiary/aromatic N) is 1. The van der Waals surface area contributed by atoms with E-state index < -0.39 is 0 Å². The lowest BCUT2D eigenvalue weighted by molar-refractivity contribution is 0.0514. The molecule has 7 heteroatoms. The normalized spacial score (nSPS) is 16.2. The van der Waals surface area contributed by atoms with Crippen LogP contribution < -0.4 is 10.6 Å². The predicted molar refractivity (Wildman–Crippen MR) is 123 cm³/mol. The Balaban J connectivity index is 0.00000280. The quantitative estimate of drug-likeness (QED) is 0.349. The lowest BCUT2D eigenvalue weighted by atomic mass is 9.74. The van der Waals surface area contributed by atoms with Crippen molar-refractivity contribution < 1.29 is 9.13 Å². The average Bonchev–Trinajstić information content (AvgIpc) is 2.70. The molecule has 2 N–H and O–H groups in total. The van der Waals surface area contributed by atoms with Gasteiger partial charge in [0.1, 0.15) is 5.82 Å². The second-order valence-electron chi connectivity index (χ2n) is 6.77. The number of rotatable bonds is 5. The number of benzene rings is 2. The number of ether oxygens (including phenoxy) is 1. The van der Waals surface area contributed by atoms with Crippen LogP contribution in [-0.2, 0) is 16.7 Å². The number of hydrogen-bond donors (Lipinski definition) is 2. The summed E-state index contributed by atoms with van der Waals surface area (Å²) in [5.41, 5.74) is 1.74. The van der Waals surface area contributed by atoms with Crippen molar-refractivity contribution in [3.05, 3.63) is 70.5 Å². The van der Waals surface area contributed by atoms with Crippen LogP contribution in [0.15, 0.2) is 53.5 Å². The van der Waals surface area contributed by atoms with E-state index in [4.69, 9.17) is 16.3 Å². The minimum atomic E-state index is -0.222. The van der Waals surface area contributed by atoms with Crippen molar-refractivity contribution >= 4 is 41.5 Å². The van der Waals surface area contributed by atoms with Crippen LogP contribution in [0.4, 0.5) is 4.39 Å². The van der Waals surface area contributed by atoms with Crippen molar-refractivity contribution in [2.45, 2.75) is 24.8 Å². The van der Waals surface area contributed by atoms with Gasteiger partial charge in [-0.2, -0.15) is 0 Å². The molecule has 0 radical (unpaired) electrons. The minimum Gasteiger partial charge on any atom is -0.381 e. The minimum absolute atomic E-state index is 0. The molecule has 1 saturated heterocycles. The van der Waals surface area contributed by atoms with E-state index in [1.165, 1.54) is 11.6 Å². The van der Waals surface area contributed by atoms with Gasteiger partial charge in [-0.3, -0.25) is 4.99 Å². The Kier molecular flexibility index (Phi) is 8.98. The molecular formula is C21H26ClFIN3O. The molecule has 1 heterocycles. The molecular weight excluding hydrogens is 492 g/mol. The molecule has 1 aliphatic heterocycles. The first-order valence-electron chi connectivity index (χ1n) is 9.15. The first-order chi connectivity index (χ1) is 13.1. The van der Waals surface area contributed by atoms with Crippen LogP contribution in [0.5, 0.6) is 0 Å².